The summed E-state index contributed by atoms with van der Waals surface area (Å²) in [5, 5.41) is 4.08. The topological polar surface area (TPSA) is 92.4 Å². The Kier molecular flexibility index (Phi) is 6.55. The highest BCUT2D eigenvalue weighted by atomic mass is 32.2. The second kappa shape index (κ2) is 9.68. The second-order valence-electron chi connectivity index (χ2n) is 9.36. The number of aryl methyl sites for hydroxylation is 2. The zero-order valence-corrected chi connectivity index (χ0v) is 22.7. The van der Waals surface area contributed by atoms with Gasteiger partial charge in [0.1, 0.15) is 5.76 Å². The maximum Gasteiger partial charge on any atom is 0.229 e. The first-order valence-electron chi connectivity index (χ1n) is 11.9. The first kappa shape index (κ1) is 25.0. The molecule has 2 N–H and O–H groups in total. The van der Waals surface area contributed by atoms with Gasteiger partial charge in [-0.05, 0) is 92.6 Å². The van der Waals surface area contributed by atoms with E-state index in [1.807, 2.05) is 49.4 Å². The molecule has 192 valence electrons. The lowest BCUT2D eigenvalue weighted by atomic mass is 9.96. The number of anilines is 2. The Balaban J connectivity index is 1.61. The number of rotatable bonds is 7. The summed E-state index contributed by atoms with van der Waals surface area (Å²) in [7, 11) is -3.39. The molecule has 3 aromatic heterocycles. The third-order valence-corrected chi connectivity index (χ3v) is 7.61. The molecule has 0 saturated carbocycles. The Morgan fingerprint density at radius 2 is 1.92 bits per heavy atom. The SMILES string of the molecule is Cc1cc(N2C(=S)N[C@H](c3ccccn3)[C@H]2c2cc(C)n(Cc3ccco3)c2C)ccc1NS(C)(=O)=O. The Bertz CT molecular complexity index is 1550. The average Bonchev–Trinajstić information content (AvgIpc) is 3.55. The summed E-state index contributed by atoms with van der Waals surface area (Å²) in [6.45, 7) is 6.72. The summed E-state index contributed by atoms with van der Waals surface area (Å²) in [6.07, 6.45) is 4.62. The van der Waals surface area contributed by atoms with E-state index in [4.69, 9.17) is 16.6 Å². The van der Waals surface area contributed by atoms with Gasteiger partial charge in [0.2, 0.25) is 10.0 Å². The maximum atomic E-state index is 11.8. The molecule has 0 aliphatic carbocycles. The summed E-state index contributed by atoms with van der Waals surface area (Å²) < 4.78 is 34.0. The Hall–Kier alpha value is -3.63. The van der Waals surface area contributed by atoms with Crippen LogP contribution < -0.4 is 14.9 Å². The lowest BCUT2D eigenvalue weighted by Gasteiger charge is -2.29. The Morgan fingerprint density at radius 3 is 2.57 bits per heavy atom. The molecule has 1 saturated heterocycles. The fourth-order valence-corrected chi connectivity index (χ4v) is 5.96. The smallest absolute Gasteiger partial charge is 0.229 e. The minimum atomic E-state index is -3.39. The van der Waals surface area contributed by atoms with E-state index in [2.05, 4.69) is 44.4 Å². The van der Waals surface area contributed by atoms with Crippen molar-refractivity contribution in [1.82, 2.24) is 14.9 Å². The van der Waals surface area contributed by atoms with Crippen molar-refractivity contribution < 1.29 is 12.8 Å². The van der Waals surface area contributed by atoms with Crippen molar-refractivity contribution in [2.75, 3.05) is 15.9 Å². The van der Waals surface area contributed by atoms with Crippen LogP contribution >= 0.6 is 12.2 Å². The summed E-state index contributed by atoms with van der Waals surface area (Å²) in [4.78, 5) is 6.75. The molecule has 8 nitrogen and oxygen atoms in total. The van der Waals surface area contributed by atoms with Gasteiger partial charge in [-0.25, -0.2) is 8.42 Å². The third-order valence-electron chi connectivity index (χ3n) is 6.71. The van der Waals surface area contributed by atoms with Crippen molar-refractivity contribution in [3.05, 3.63) is 101 Å². The zero-order valence-electron chi connectivity index (χ0n) is 21.1. The molecule has 10 heteroatoms. The van der Waals surface area contributed by atoms with Crippen LogP contribution in [0.3, 0.4) is 0 Å². The number of thiocarbonyl (C=S) groups is 1. The summed E-state index contributed by atoms with van der Waals surface area (Å²) in [5.41, 5.74) is 6.46. The molecule has 5 rings (SSSR count). The van der Waals surface area contributed by atoms with Crippen molar-refractivity contribution in [2.24, 2.45) is 0 Å². The quantitative estimate of drug-likeness (QED) is 0.322. The molecule has 0 amide bonds. The fourth-order valence-electron chi connectivity index (χ4n) is 4.99. The highest BCUT2D eigenvalue weighted by Crippen LogP contribution is 2.44. The predicted molar refractivity (Wildman–Crippen MR) is 149 cm³/mol. The van der Waals surface area contributed by atoms with Crippen LogP contribution in [0.4, 0.5) is 11.4 Å². The van der Waals surface area contributed by atoms with Crippen molar-refractivity contribution in [3.8, 4) is 0 Å². The lowest BCUT2D eigenvalue weighted by Crippen LogP contribution is -2.29. The summed E-state index contributed by atoms with van der Waals surface area (Å²) in [5.74, 6) is 0.885. The van der Waals surface area contributed by atoms with Crippen LogP contribution in [0.25, 0.3) is 0 Å². The molecule has 37 heavy (non-hydrogen) atoms. The van der Waals surface area contributed by atoms with Gasteiger partial charge in [0.05, 0.1) is 42.5 Å². The van der Waals surface area contributed by atoms with Crippen LogP contribution in [0.5, 0.6) is 0 Å². The van der Waals surface area contributed by atoms with Gasteiger partial charge in [-0.2, -0.15) is 0 Å². The van der Waals surface area contributed by atoms with Crippen LogP contribution in [-0.4, -0.2) is 29.3 Å². The van der Waals surface area contributed by atoms with Crippen LogP contribution in [0, 0.1) is 20.8 Å². The van der Waals surface area contributed by atoms with Gasteiger partial charge in [-0.1, -0.05) is 6.07 Å². The number of aromatic nitrogens is 2. The minimum absolute atomic E-state index is 0.174. The minimum Gasteiger partial charge on any atom is -0.467 e. The molecule has 4 heterocycles. The predicted octanol–water partition coefficient (Wildman–Crippen LogP) is 5.00. The molecule has 0 radical (unpaired) electrons. The van der Waals surface area contributed by atoms with E-state index in [0.717, 1.165) is 45.9 Å². The van der Waals surface area contributed by atoms with E-state index in [9.17, 15) is 8.42 Å². The largest absolute Gasteiger partial charge is 0.467 e. The first-order chi connectivity index (χ1) is 17.6. The number of pyridine rings is 1. The molecule has 1 aliphatic rings. The van der Waals surface area contributed by atoms with Crippen molar-refractivity contribution >= 4 is 38.7 Å². The summed E-state index contributed by atoms with van der Waals surface area (Å²) >= 11 is 5.87. The number of furan rings is 1. The second-order valence-corrected chi connectivity index (χ2v) is 11.5. The van der Waals surface area contributed by atoms with Gasteiger partial charge in [-0.3, -0.25) is 9.71 Å². The standard InChI is InChI=1S/C27H29N5O3S2/c1-17-14-20(10-11-23(17)30-37(4,33)34)32-26(25(29-27(32)36)24-9-5-6-12-28-24)22-15-18(2)31(19(22)3)16-21-8-7-13-35-21/h5-15,25-26,30H,16H2,1-4H3,(H,29,36)/t25-,26-/m1/s1. The number of hydrogen-bond donors (Lipinski definition) is 2. The van der Waals surface area contributed by atoms with Crippen LogP contribution in [0.2, 0.25) is 0 Å². The maximum absolute atomic E-state index is 11.8. The van der Waals surface area contributed by atoms with Gasteiger partial charge in [0, 0.05) is 23.3 Å². The zero-order chi connectivity index (χ0) is 26.3. The molecule has 4 aromatic rings. The van der Waals surface area contributed by atoms with Crippen molar-refractivity contribution in [2.45, 2.75) is 39.4 Å². The molecule has 1 aliphatic heterocycles. The number of nitrogens with zero attached hydrogens (tertiary/aromatic N) is 3. The van der Waals surface area contributed by atoms with Crippen LogP contribution in [0.1, 0.15) is 46.1 Å². The average molecular weight is 536 g/mol. The highest BCUT2D eigenvalue weighted by Gasteiger charge is 2.42. The van der Waals surface area contributed by atoms with Gasteiger partial charge in [0.15, 0.2) is 5.11 Å². The van der Waals surface area contributed by atoms with E-state index in [0.29, 0.717) is 17.3 Å². The number of hydrogen-bond acceptors (Lipinski definition) is 5. The molecule has 0 bridgehead atoms. The number of nitrogens with one attached hydrogen (secondary N) is 2. The van der Waals surface area contributed by atoms with Crippen LogP contribution in [0.15, 0.2) is 71.5 Å². The van der Waals surface area contributed by atoms with Gasteiger partial charge in [0.25, 0.3) is 0 Å². The molecule has 0 unspecified atom stereocenters. The van der Waals surface area contributed by atoms with E-state index in [-0.39, 0.29) is 12.1 Å². The first-order valence-corrected chi connectivity index (χ1v) is 14.2. The van der Waals surface area contributed by atoms with E-state index in [1.54, 1.807) is 18.5 Å². The van der Waals surface area contributed by atoms with Crippen molar-refractivity contribution in [3.63, 3.8) is 0 Å². The Morgan fingerprint density at radius 1 is 1.11 bits per heavy atom. The van der Waals surface area contributed by atoms with Gasteiger partial charge in [-0.15, -0.1) is 0 Å². The molecule has 1 fully saturated rings. The lowest BCUT2D eigenvalue weighted by molar-refractivity contribution is 0.488. The molecule has 1 aromatic carbocycles. The Labute approximate surface area is 222 Å². The van der Waals surface area contributed by atoms with E-state index >= 15 is 0 Å². The number of benzene rings is 1. The van der Waals surface area contributed by atoms with Gasteiger partial charge < -0.3 is 19.2 Å². The molecule has 0 spiro atoms. The van der Waals surface area contributed by atoms with E-state index in [1.165, 1.54) is 0 Å². The highest BCUT2D eigenvalue weighted by molar-refractivity contribution is 7.92. The van der Waals surface area contributed by atoms with Crippen molar-refractivity contribution in [1.29, 1.82) is 0 Å². The third kappa shape index (κ3) is 4.99. The molecular weight excluding hydrogens is 506 g/mol. The monoisotopic (exact) mass is 535 g/mol. The fraction of sp³-hybridized carbons (Fsp3) is 0.259. The van der Waals surface area contributed by atoms with Gasteiger partial charge >= 0.3 is 0 Å². The van der Waals surface area contributed by atoms with E-state index < -0.39 is 10.0 Å². The normalized spacial score (nSPS) is 17.7. The molecular formula is C27H29N5O3S2. The number of sulfonamides is 1. The van der Waals surface area contributed by atoms with Crippen LogP contribution in [-0.2, 0) is 16.6 Å². The summed E-state index contributed by atoms with van der Waals surface area (Å²) in [6, 6.07) is 17.2. The molecule has 2 atom stereocenters.